The van der Waals surface area contributed by atoms with Crippen LogP contribution < -0.4 is 12.4 Å². The van der Waals surface area contributed by atoms with Crippen LogP contribution in [0.25, 0.3) is 0 Å². The summed E-state index contributed by atoms with van der Waals surface area (Å²) in [6, 6.07) is 17.7. The predicted molar refractivity (Wildman–Crippen MR) is 90.1 cm³/mol. The summed E-state index contributed by atoms with van der Waals surface area (Å²) in [5, 5.41) is 8.17. The number of hydrogen-bond donors (Lipinski definition) is 0. The largest absolute Gasteiger partial charge is 1.00 e. The van der Waals surface area contributed by atoms with E-state index in [4.69, 9.17) is 0 Å². The van der Waals surface area contributed by atoms with E-state index >= 15 is 0 Å². The summed E-state index contributed by atoms with van der Waals surface area (Å²) < 4.78 is 0. The second kappa shape index (κ2) is 10.9. The summed E-state index contributed by atoms with van der Waals surface area (Å²) in [5.41, 5.74) is 4.78. The van der Waals surface area contributed by atoms with Crippen LogP contribution in [0.4, 0.5) is 5.69 Å². The molecule has 122 valence electrons. The van der Waals surface area contributed by atoms with Gasteiger partial charge in [0.15, 0.2) is 0 Å². The Labute approximate surface area is 154 Å². The Hall–Kier alpha value is -1.75. The normalized spacial score (nSPS) is 10.7. The van der Waals surface area contributed by atoms with Crippen LogP contribution in [0.5, 0.6) is 0 Å². The quantitative estimate of drug-likeness (QED) is 0.578. The molecular formula is C18H18ClCoN3-. The summed E-state index contributed by atoms with van der Waals surface area (Å²) in [6.07, 6.45) is 2.90. The molecule has 0 spiro atoms. The van der Waals surface area contributed by atoms with E-state index in [1.54, 1.807) is 0 Å². The van der Waals surface area contributed by atoms with Gasteiger partial charge >= 0.3 is 0 Å². The molecule has 0 fully saturated rings. The maximum Gasteiger partial charge on any atom is 0.121 e. The Morgan fingerprint density at radius 1 is 0.870 bits per heavy atom. The number of hydrogen-bond acceptors (Lipinski definition) is 3. The number of benzene rings is 2. The van der Waals surface area contributed by atoms with Gasteiger partial charge in [0.25, 0.3) is 0 Å². The smallest absolute Gasteiger partial charge is 0.121 e. The van der Waals surface area contributed by atoms with Crippen molar-refractivity contribution in [3.8, 4) is 0 Å². The molecule has 0 aliphatic carbocycles. The second-order valence-electron chi connectivity index (χ2n) is 4.87. The average molecular weight is 371 g/mol. The van der Waals surface area contributed by atoms with Crippen molar-refractivity contribution >= 4 is 23.3 Å². The molecule has 0 aromatic heterocycles. The number of halogens is 1. The molecule has 0 aliphatic rings. The third-order valence-electron chi connectivity index (χ3n) is 2.79. The van der Waals surface area contributed by atoms with Crippen molar-refractivity contribution in [3.05, 3.63) is 65.7 Å². The van der Waals surface area contributed by atoms with Crippen molar-refractivity contribution in [3.63, 3.8) is 0 Å². The Balaban J connectivity index is 0.00000242. The maximum absolute atomic E-state index is 4.40. The molecule has 5 heteroatoms. The van der Waals surface area contributed by atoms with Crippen molar-refractivity contribution in [1.82, 2.24) is 0 Å². The first-order valence-electron chi connectivity index (χ1n) is 6.83. The van der Waals surface area contributed by atoms with E-state index in [0.29, 0.717) is 0 Å². The van der Waals surface area contributed by atoms with Crippen LogP contribution in [0.15, 0.2) is 69.8 Å². The van der Waals surface area contributed by atoms with E-state index in [2.05, 4.69) is 21.4 Å². The van der Waals surface area contributed by atoms with Crippen molar-refractivity contribution < 1.29 is 29.2 Å². The molecule has 0 N–H and O–H groups in total. The summed E-state index contributed by atoms with van der Waals surface area (Å²) in [7, 11) is 0. The Morgan fingerprint density at radius 3 is 2.04 bits per heavy atom. The van der Waals surface area contributed by atoms with Crippen LogP contribution in [0.2, 0.25) is 0 Å². The van der Waals surface area contributed by atoms with Crippen LogP contribution in [0, 0.1) is 0 Å². The molecule has 0 heterocycles. The van der Waals surface area contributed by atoms with Gasteiger partial charge in [0.1, 0.15) is 6.21 Å². The van der Waals surface area contributed by atoms with Gasteiger partial charge in [-0.05, 0) is 38.5 Å². The van der Waals surface area contributed by atoms with Gasteiger partial charge in [0.05, 0.1) is 11.4 Å². The monoisotopic (exact) mass is 370 g/mol. The van der Waals surface area contributed by atoms with E-state index in [1.165, 1.54) is 0 Å². The predicted octanol–water partition coefficient (Wildman–Crippen LogP) is 1.52. The zero-order chi connectivity index (χ0) is 15.1. The van der Waals surface area contributed by atoms with Crippen LogP contribution in [-0.2, 0) is 16.8 Å². The zero-order valence-corrected chi connectivity index (χ0v) is 15.0. The van der Waals surface area contributed by atoms with Gasteiger partial charge in [-0.15, -0.1) is 5.10 Å². The van der Waals surface area contributed by atoms with Gasteiger partial charge in [0.2, 0.25) is 0 Å². The van der Waals surface area contributed by atoms with Gasteiger partial charge < -0.3 is 12.4 Å². The fourth-order valence-electron chi connectivity index (χ4n) is 1.76. The summed E-state index contributed by atoms with van der Waals surface area (Å²) in [6.45, 7) is 5.89. The molecule has 2 rings (SSSR count). The summed E-state index contributed by atoms with van der Waals surface area (Å²) in [4.78, 5) is 4.40. The van der Waals surface area contributed by atoms with E-state index in [-0.39, 0.29) is 29.2 Å². The van der Waals surface area contributed by atoms with Crippen molar-refractivity contribution in [2.45, 2.75) is 20.8 Å². The summed E-state index contributed by atoms with van der Waals surface area (Å²) in [5.74, 6) is 0. The third-order valence-corrected chi connectivity index (χ3v) is 2.79. The Kier molecular flexibility index (Phi) is 10.1. The molecule has 2 aromatic rings. The topological polar surface area (TPSA) is 37.1 Å². The Morgan fingerprint density at radius 2 is 1.48 bits per heavy atom. The molecule has 0 aliphatic heterocycles. The standard InChI is InChI=1S/C18H18N3.ClH.Co/c1-14(2)20-18-11-9-17(10-12-18)15(3)21-19-13-16-7-5-4-6-8-16;;/h4-12H,1-3H3;1H;/p-1/b19-13?,21-15-;;. The van der Waals surface area contributed by atoms with Gasteiger partial charge in [-0.2, -0.15) is 5.10 Å². The molecule has 2 aromatic carbocycles. The second-order valence-corrected chi connectivity index (χ2v) is 4.87. The van der Waals surface area contributed by atoms with E-state index in [0.717, 1.165) is 28.2 Å². The molecule has 23 heavy (non-hydrogen) atoms. The van der Waals surface area contributed by atoms with Crippen molar-refractivity contribution in [2.24, 2.45) is 15.2 Å². The van der Waals surface area contributed by atoms with Gasteiger partial charge in [-0.1, -0.05) is 42.5 Å². The van der Waals surface area contributed by atoms with Crippen molar-refractivity contribution in [1.29, 1.82) is 0 Å². The van der Waals surface area contributed by atoms with Gasteiger partial charge in [-0.25, -0.2) is 0 Å². The molecule has 0 amide bonds. The van der Waals surface area contributed by atoms with Crippen LogP contribution in [0.3, 0.4) is 0 Å². The number of nitrogens with zero attached hydrogens (tertiary/aromatic N) is 3. The minimum atomic E-state index is 0. The average Bonchev–Trinajstić information content (AvgIpc) is 2.48. The van der Waals surface area contributed by atoms with Crippen LogP contribution in [-0.4, -0.2) is 17.6 Å². The first-order chi connectivity index (χ1) is 10.1. The van der Waals surface area contributed by atoms with Crippen molar-refractivity contribution in [2.75, 3.05) is 0 Å². The first-order valence-corrected chi connectivity index (χ1v) is 6.83. The van der Waals surface area contributed by atoms with Gasteiger partial charge in [-0.3, -0.25) is 4.99 Å². The minimum absolute atomic E-state index is 0. The summed E-state index contributed by atoms with van der Waals surface area (Å²) >= 11 is 0. The van der Waals surface area contributed by atoms with Crippen LogP contribution in [0.1, 0.15) is 31.9 Å². The van der Waals surface area contributed by atoms with E-state index in [1.807, 2.05) is 75.4 Å². The number of aliphatic imine (C=N–C) groups is 1. The minimum Gasteiger partial charge on any atom is -1.00 e. The number of rotatable bonds is 4. The Bertz CT molecular complexity index is 673. The molecule has 0 saturated carbocycles. The molecule has 0 atom stereocenters. The third kappa shape index (κ3) is 7.37. The molecule has 0 bridgehead atoms. The molecule has 2 radical (unpaired) electrons. The van der Waals surface area contributed by atoms with E-state index < -0.39 is 0 Å². The fourth-order valence-corrected chi connectivity index (χ4v) is 1.76. The fraction of sp³-hybridized carbons (Fsp3) is 0.167. The SMILES string of the molecule is CC(C)=Nc1ccc(/C(C)=N\N=[C]c2ccccc2)cc1.[Cl-].[Co]. The molecular weight excluding hydrogens is 353 g/mol. The zero-order valence-electron chi connectivity index (χ0n) is 13.2. The molecule has 0 saturated heterocycles. The maximum atomic E-state index is 4.40. The first kappa shape index (κ1) is 21.2. The van der Waals surface area contributed by atoms with Crippen LogP contribution >= 0.6 is 0 Å². The van der Waals surface area contributed by atoms with Gasteiger partial charge in [0, 0.05) is 28.1 Å². The molecule has 3 nitrogen and oxygen atoms in total. The van der Waals surface area contributed by atoms with E-state index in [9.17, 15) is 0 Å². The molecule has 0 unspecified atom stereocenters.